The van der Waals surface area contributed by atoms with Gasteiger partial charge in [0.05, 0.1) is 0 Å². The van der Waals surface area contributed by atoms with Crippen LogP contribution in [0.15, 0.2) is 48.6 Å². The molecule has 0 radical (unpaired) electrons. The number of alkyl halides is 1. The fraction of sp³-hybridized carbons (Fsp3) is 0.583. The molecule has 3 saturated carbocycles. The average Bonchev–Trinajstić information content (AvgIpc) is 2.70. The van der Waals surface area contributed by atoms with Gasteiger partial charge >= 0.3 is 0 Å². The van der Waals surface area contributed by atoms with Crippen LogP contribution < -0.4 is 0 Å². The molecule has 0 N–H and O–H groups in total. The van der Waals surface area contributed by atoms with Crippen LogP contribution >= 0.6 is 0 Å². The molecule has 4 aliphatic carbocycles. The van der Waals surface area contributed by atoms with Crippen LogP contribution in [-0.2, 0) is 6.42 Å². The topological polar surface area (TPSA) is 0 Å². The number of fused-ring (bicyclic) bond motifs is 3. The number of aryl methyl sites for hydroxylation is 1. The normalized spacial score (nSPS) is 39.7. The van der Waals surface area contributed by atoms with Gasteiger partial charge in [0.25, 0.3) is 0 Å². The van der Waals surface area contributed by atoms with Gasteiger partial charge in [-0.2, -0.15) is 0 Å². The van der Waals surface area contributed by atoms with Crippen molar-refractivity contribution in [3.63, 3.8) is 0 Å². The summed E-state index contributed by atoms with van der Waals surface area (Å²) >= 11 is 0. The van der Waals surface area contributed by atoms with E-state index in [1.54, 1.807) is 0 Å². The van der Waals surface area contributed by atoms with Crippen molar-refractivity contribution in [3.8, 4) is 0 Å². The molecule has 4 aliphatic rings. The van der Waals surface area contributed by atoms with Gasteiger partial charge in [-0.1, -0.05) is 62.8 Å². The lowest BCUT2D eigenvalue weighted by Gasteiger charge is -2.59. The highest BCUT2D eigenvalue weighted by Crippen LogP contribution is 2.66. The molecule has 2 atom stereocenters. The Kier molecular flexibility index (Phi) is 4.17. The van der Waals surface area contributed by atoms with Gasteiger partial charge in [-0.15, -0.1) is 0 Å². The molecule has 25 heavy (non-hydrogen) atoms. The van der Waals surface area contributed by atoms with Crippen LogP contribution in [0.5, 0.6) is 0 Å². The number of hydrogen-bond donors (Lipinski definition) is 0. The van der Waals surface area contributed by atoms with Crippen molar-refractivity contribution < 1.29 is 4.39 Å². The standard InChI is InChI=1S/C24H31F/c1-3-19-8-10-20(11-9-19)21-7-5-6-12-24(21,25)23-16-13-22(4-2,14-17-23)15-18-23/h5-12,21H,3-4,13-18H2,1-2H3. The summed E-state index contributed by atoms with van der Waals surface area (Å²) in [5, 5.41) is 0. The number of rotatable bonds is 4. The second-order valence-electron chi connectivity index (χ2n) is 8.72. The summed E-state index contributed by atoms with van der Waals surface area (Å²) in [5.41, 5.74) is 1.57. The summed E-state index contributed by atoms with van der Waals surface area (Å²) in [6.07, 6.45) is 17.1. The summed E-state index contributed by atoms with van der Waals surface area (Å²) < 4.78 is 16.8. The smallest absolute Gasteiger partial charge is 0.145 e. The van der Waals surface area contributed by atoms with E-state index in [-0.39, 0.29) is 11.3 Å². The van der Waals surface area contributed by atoms with Crippen molar-refractivity contribution in [2.45, 2.75) is 76.8 Å². The van der Waals surface area contributed by atoms with E-state index in [1.807, 2.05) is 18.2 Å². The molecule has 1 heteroatoms. The fourth-order valence-electron chi connectivity index (χ4n) is 5.80. The second-order valence-corrected chi connectivity index (χ2v) is 8.72. The first kappa shape index (κ1) is 17.1. The third-order valence-electron chi connectivity index (χ3n) is 7.92. The minimum absolute atomic E-state index is 0.143. The highest BCUT2D eigenvalue weighted by atomic mass is 19.1. The fourth-order valence-corrected chi connectivity index (χ4v) is 5.80. The summed E-state index contributed by atoms with van der Waals surface area (Å²) in [6.45, 7) is 4.49. The second kappa shape index (κ2) is 6.11. The molecular formula is C24H31F. The van der Waals surface area contributed by atoms with E-state index in [0.717, 1.165) is 31.2 Å². The van der Waals surface area contributed by atoms with E-state index in [1.165, 1.54) is 31.2 Å². The molecule has 5 rings (SSSR count). The number of benzene rings is 1. The van der Waals surface area contributed by atoms with E-state index in [0.29, 0.717) is 5.41 Å². The molecule has 1 aromatic carbocycles. The monoisotopic (exact) mass is 338 g/mol. The number of allylic oxidation sites excluding steroid dienone is 4. The molecule has 0 aromatic heterocycles. The zero-order valence-electron chi connectivity index (χ0n) is 15.7. The Hall–Kier alpha value is -1.37. The van der Waals surface area contributed by atoms with Gasteiger partial charge in [0, 0.05) is 11.3 Å². The third-order valence-corrected chi connectivity index (χ3v) is 7.92. The predicted octanol–water partition coefficient (Wildman–Crippen LogP) is 6.92. The van der Waals surface area contributed by atoms with Gasteiger partial charge in [-0.25, -0.2) is 4.39 Å². The van der Waals surface area contributed by atoms with Crippen molar-refractivity contribution in [3.05, 3.63) is 59.7 Å². The molecule has 0 heterocycles. The minimum atomic E-state index is -1.24. The Balaban J connectivity index is 1.68. The van der Waals surface area contributed by atoms with Crippen LogP contribution in [0.2, 0.25) is 0 Å². The maximum atomic E-state index is 16.8. The summed E-state index contributed by atoms with van der Waals surface area (Å²) in [6, 6.07) is 8.65. The quantitative estimate of drug-likeness (QED) is 0.559. The van der Waals surface area contributed by atoms with E-state index >= 15 is 4.39 Å². The van der Waals surface area contributed by atoms with E-state index in [4.69, 9.17) is 0 Å². The molecule has 0 amide bonds. The van der Waals surface area contributed by atoms with Gasteiger partial charge in [-0.3, -0.25) is 0 Å². The first-order valence-corrected chi connectivity index (χ1v) is 10.2. The predicted molar refractivity (Wildman–Crippen MR) is 104 cm³/mol. The minimum Gasteiger partial charge on any atom is -0.238 e. The Morgan fingerprint density at radius 2 is 1.56 bits per heavy atom. The van der Waals surface area contributed by atoms with Crippen molar-refractivity contribution in [2.24, 2.45) is 10.8 Å². The SMILES string of the molecule is CCc1ccc(C2C=CC=CC2(F)C23CCC(CC)(CC2)CC3)cc1. The van der Waals surface area contributed by atoms with Crippen LogP contribution in [0, 0.1) is 10.8 Å². The van der Waals surface area contributed by atoms with Crippen LogP contribution in [-0.4, -0.2) is 5.67 Å². The maximum Gasteiger partial charge on any atom is 0.145 e. The summed E-state index contributed by atoms with van der Waals surface area (Å²) in [5.74, 6) is -0.143. The van der Waals surface area contributed by atoms with Crippen LogP contribution in [0.4, 0.5) is 4.39 Å². The maximum absolute atomic E-state index is 16.8. The molecule has 134 valence electrons. The Labute approximate surface area is 152 Å². The molecule has 1 aromatic rings. The lowest BCUT2D eigenvalue weighted by molar-refractivity contribution is -0.0987. The Bertz CT molecular complexity index is 656. The summed E-state index contributed by atoms with van der Waals surface area (Å²) in [4.78, 5) is 0. The molecule has 2 unspecified atom stereocenters. The molecular weight excluding hydrogens is 307 g/mol. The van der Waals surface area contributed by atoms with Gasteiger partial charge in [0.2, 0.25) is 0 Å². The zero-order valence-corrected chi connectivity index (χ0v) is 15.7. The van der Waals surface area contributed by atoms with Crippen molar-refractivity contribution in [1.82, 2.24) is 0 Å². The number of hydrogen-bond acceptors (Lipinski definition) is 0. The van der Waals surface area contributed by atoms with E-state index < -0.39 is 5.67 Å². The van der Waals surface area contributed by atoms with Crippen molar-refractivity contribution in [1.29, 1.82) is 0 Å². The lowest BCUT2D eigenvalue weighted by atomic mass is 9.46. The molecule has 0 saturated heterocycles. The zero-order chi connectivity index (χ0) is 17.5. The van der Waals surface area contributed by atoms with Gasteiger partial charge in [0.1, 0.15) is 5.67 Å². The van der Waals surface area contributed by atoms with Gasteiger partial charge in [-0.05, 0) is 67.6 Å². The molecule has 3 fully saturated rings. The van der Waals surface area contributed by atoms with Crippen molar-refractivity contribution in [2.75, 3.05) is 0 Å². The molecule has 0 spiro atoms. The van der Waals surface area contributed by atoms with Crippen LogP contribution in [0.3, 0.4) is 0 Å². The summed E-state index contributed by atoms with van der Waals surface area (Å²) in [7, 11) is 0. The largest absolute Gasteiger partial charge is 0.238 e. The van der Waals surface area contributed by atoms with Gasteiger partial charge in [0.15, 0.2) is 0 Å². The third kappa shape index (κ3) is 2.54. The highest BCUT2D eigenvalue weighted by molar-refractivity contribution is 5.39. The first-order valence-electron chi connectivity index (χ1n) is 10.2. The van der Waals surface area contributed by atoms with Crippen molar-refractivity contribution >= 4 is 0 Å². The van der Waals surface area contributed by atoms with E-state index in [9.17, 15) is 0 Å². The van der Waals surface area contributed by atoms with Gasteiger partial charge < -0.3 is 0 Å². The molecule has 2 bridgehead atoms. The average molecular weight is 339 g/mol. The van der Waals surface area contributed by atoms with Crippen LogP contribution in [0.1, 0.15) is 75.8 Å². The van der Waals surface area contributed by atoms with Crippen LogP contribution in [0.25, 0.3) is 0 Å². The van der Waals surface area contributed by atoms with E-state index in [2.05, 4.69) is 44.2 Å². The molecule has 0 nitrogen and oxygen atoms in total. The Morgan fingerprint density at radius 3 is 2.12 bits per heavy atom. The molecule has 0 aliphatic heterocycles. The lowest BCUT2D eigenvalue weighted by Crippen LogP contribution is -2.54. The highest BCUT2D eigenvalue weighted by Gasteiger charge is 2.60. The Morgan fingerprint density at radius 1 is 0.920 bits per heavy atom. The first-order chi connectivity index (χ1) is 12.1. The number of halogens is 1.